The van der Waals surface area contributed by atoms with Crippen LogP contribution in [0.5, 0.6) is 5.75 Å². The molecule has 0 spiro atoms. The van der Waals surface area contributed by atoms with E-state index in [1.54, 1.807) is 12.3 Å². The van der Waals surface area contributed by atoms with Crippen molar-refractivity contribution in [2.75, 3.05) is 43.9 Å². The molecule has 1 aliphatic rings. The Morgan fingerprint density at radius 1 is 1.29 bits per heavy atom. The fraction of sp³-hybridized carbons (Fsp3) is 0.583. The molecule has 0 bridgehead atoms. The van der Waals surface area contributed by atoms with E-state index in [9.17, 15) is 17.4 Å². The molecule has 1 aromatic rings. The van der Waals surface area contributed by atoms with Gasteiger partial charge in [-0.15, -0.1) is 0 Å². The first-order valence-corrected chi connectivity index (χ1v) is 7.86. The molecule has 1 unspecified atom stereocenters. The zero-order chi connectivity index (χ0) is 15.5. The molecule has 1 saturated heterocycles. The highest BCUT2D eigenvalue weighted by Crippen LogP contribution is 2.20. The Labute approximate surface area is 123 Å². The van der Waals surface area contributed by atoms with Gasteiger partial charge < -0.3 is 9.64 Å². The van der Waals surface area contributed by atoms with E-state index < -0.39 is 23.8 Å². The Balaban J connectivity index is 1.89. The highest BCUT2D eigenvalue weighted by molar-refractivity contribution is 7.81. The van der Waals surface area contributed by atoms with E-state index in [0.29, 0.717) is 32.0 Å². The van der Waals surface area contributed by atoms with Crippen LogP contribution in [0.2, 0.25) is 0 Å². The Morgan fingerprint density at radius 2 is 1.95 bits per heavy atom. The minimum atomic E-state index is -4.36. The first-order chi connectivity index (χ1) is 9.85. The van der Waals surface area contributed by atoms with E-state index >= 15 is 0 Å². The standard InChI is InChI=1S/C12H16F3N3O2S/c1-21(19)18-6-4-17(5-7-18)11-3-2-10(8-16-11)20-9-12(13,14)15/h2-3,8H,4-7,9H2,1H3. The lowest BCUT2D eigenvalue weighted by molar-refractivity contribution is -0.153. The molecule has 0 amide bonds. The molecule has 2 heterocycles. The van der Waals surface area contributed by atoms with Gasteiger partial charge in [-0.2, -0.15) is 13.2 Å². The van der Waals surface area contributed by atoms with Crippen LogP contribution in [0.1, 0.15) is 0 Å². The van der Waals surface area contributed by atoms with Crippen molar-refractivity contribution < 1.29 is 22.1 Å². The van der Waals surface area contributed by atoms with Crippen LogP contribution in [0.15, 0.2) is 18.3 Å². The fourth-order valence-corrected chi connectivity index (χ4v) is 2.66. The van der Waals surface area contributed by atoms with Crippen molar-refractivity contribution >= 4 is 16.8 Å². The molecule has 0 saturated carbocycles. The van der Waals surface area contributed by atoms with Gasteiger partial charge in [0.05, 0.1) is 17.2 Å². The summed E-state index contributed by atoms with van der Waals surface area (Å²) in [6.07, 6.45) is -1.43. The summed E-state index contributed by atoms with van der Waals surface area (Å²) in [5.74, 6) is 0.764. The third-order valence-corrected chi connectivity index (χ3v) is 4.14. The van der Waals surface area contributed by atoms with Crippen LogP contribution in [0.25, 0.3) is 0 Å². The number of aromatic nitrogens is 1. The molecule has 1 fully saturated rings. The maximum atomic E-state index is 12.0. The number of ether oxygens (including phenoxy) is 1. The highest BCUT2D eigenvalue weighted by atomic mass is 32.2. The highest BCUT2D eigenvalue weighted by Gasteiger charge is 2.28. The van der Waals surface area contributed by atoms with Crippen LogP contribution >= 0.6 is 0 Å². The number of halogens is 3. The van der Waals surface area contributed by atoms with Crippen molar-refractivity contribution in [1.29, 1.82) is 0 Å². The smallest absolute Gasteiger partial charge is 0.422 e. The van der Waals surface area contributed by atoms with E-state index in [-0.39, 0.29) is 5.75 Å². The van der Waals surface area contributed by atoms with Crippen LogP contribution < -0.4 is 9.64 Å². The van der Waals surface area contributed by atoms with Gasteiger partial charge in [0.25, 0.3) is 0 Å². The number of piperazine rings is 1. The molecule has 118 valence electrons. The van der Waals surface area contributed by atoms with Crippen molar-refractivity contribution in [2.24, 2.45) is 0 Å². The Hall–Kier alpha value is -1.35. The lowest BCUT2D eigenvalue weighted by atomic mass is 10.3. The second-order valence-corrected chi connectivity index (χ2v) is 5.96. The summed E-state index contributed by atoms with van der Waals surface area (Å²) < 4.78 is 53.9. The Bertz CT molecular complexity index is 488. The number of anilines is 1. The zero-order valence-electron chi connectivity index (χ0n) is 11.5. The van der Waals surface area contributed by atoms with Crippen molar-refractivity contribution in [2.45, 2.75) is 6.18 Å². The normalized spacial score (nSPS) is 18.6. The zero-order valence-corrected chi connectivity index (χ0v) is 12.3. The van der Waals surface area contributed by atoms with Crippen LogP contribution in [-0.4, -0.2) is 58.7 Å². The first-order valence-electron chi connectivity index (χ1n) is 6.34. The average molecular weight is 323 g/mol. The molecule has 9 heteroatoms. The third-order valence-electron chi connectivity index (χ3n) is 3.05. The maximum absolute atomic E-state index is 12.0. The quantitative estimate of drug-likeness (QED) is 0.841. The number of hydrogen-bond donors (Lipinski definition) is 0. The topological polar surface area (TPSA) is 45.7 Å². The number of nitrogens with zero attached hydrogens (tertiary/aromatic N) is 3. The summed E-state index contributed by atoms with van der Waals surface area (Å²) in [6.45, 7) is 1.36. The van der Waals surface area contributed by atoms with E-state index in [4.69, 9.17) is 0 Å². The summed E-state index contributed by atoms with van der Waals surface area (Å²) in [6, 6.07) is 3.10. The molecule has 1 atom stereocenters. The summed E-state index contributed by atoms with van der Waals surface area (Å²) in [4.78, 5) is 6.11. The summed E-state index contributed by atoms with van der Waals surface area (Å²) in [7, 11) is -0.979. The van der Waals surface area contributed by atoms with E-state index in [1.807, 2.05) is 9.21 Å². The number of hydrogen-bond acceptors (Lipinski definition) is 4. The minimum absolute atomic E-state index is 0.0874. The molecule has 5 nitrogen and oxygen atoms in total. The summed E-state index contributed by atoms with van der Waals surface area (Å²) in [5.41, 5.74) is 0. The van der Waals surface area contributed by atoms with Gasteiger partial charge in [0.15, 0.2) is 6.61 Å². The maximum Gasteiger partial charge on any atom is 0.422 e. The number of rotatable bonds is 4. The molecule has 21 heavy (non-hydrogen) atoms. The second-order valence-electron chi connectivity index (χ2n) is 4.60. The summed E-state index contributed by atoms with van der Waals surface area (Å²) >= 11 is 0. The molecule has 1 aromatic heterocycles. The van der Waals surface area contributed by atoms with Gasteiger partial charge in [-0.3, -0.25) is 0 Å². The van der Waals surface area contributed by atoms with Gasteiger partial charge >= 0.3 is 6.18 Å². The molecular weight excluding hydrogens is 307 g/mol. The molecule has 0 N–H and O–H groups in total. The summed E-state index contributed by atoms with van der Waals surface area (Å²) in [5, 5.41) is 0. The lowest BCUT2D eigenvalue weighted by Gasteiger charge is -2.33. The minimum Gasteiger partial charge on any atom is -0.483 e. The van der Waals surface area contributed by atoms with Gasteiger partial charge in [-0.25, -0.2) is 13.5 Å². The van der Waals surface area contributed by atoms with Crippen molar-refractivity contribution in [3.05, 3.63) is 18.3 Å². The molecule has 0 radical (unpaired) electrons. The van der Waals surface area contributed by atoms with Crippen LogP contribution in [0.4, 0.5) is 19.0 Å². The predicted molar refractivity (Wildman–Crippen MR) is 73.6 cm³/mol. The van der Waals surface area contributed by atoms with Gasteiger partial charge in [0.1, 0.15) is 11.6 Å². The van der Waals surface area contributed by atoms with Crippen molar-refractivity contribution in [3.8, 4) is 5.75 Å². The van der Waals surface area contributed by atoms with E-state index in [1.165, 1.54) is 12.3 Å². The second kappa shape index (κ2) is 6.61. The Morgan fingerprint density at radius 3 is 2.43 bits per heavy atom. The van der Waals surface area contributed by atoms with Crippen LogP contribution in [0.3, 0.4) is 0 Å². The fourth-order valence-electron chi connectivity index (χ4n) is 1.98. The largest absolute Gasteiger partial charge is 0.483 e. The van der Waals surface area contributed by atoms with Crippen molar-refractivity contribution in [3.63, 3.8) is 0 Å². The van der Waals surface area contributed by atoms with E-state index in [2.05, 4.69) is 9.72 Å². The van der Waals surface area contributed by atoms with Gasteiger partial charge in [0.2, 0.25) is 0 Å². The van der Waals surface area contributed by atoms with Gasteiger partial charge in [-0.05, 0) is 12.1 Å². The van der Waals surface area contributed by atoms with Crippen LogP contribution in [-0.2, 0) is 11.0 Å². The van der Waals surface area contributed by atoms with Gasteiger partial charge in [0, 0.05) is 32.4 Å². The molecule has 1 aliphatic heterocycles. The molecular formula is C12H16F3N3O2S. The molecule has 0 aliphatic carbocycles. The monoisotopic (exact) mass is 323 g/mol. The molecule has 2 rings (SSSR count). The van der Waals surface area contributed by atoms with Gasteiger partial charge in [-0.1, -0.05) is 0 Å². The SMILES string of the molecule is CS(=O)N1CCN(c2ccc(OCC(F)(F)F)cn2)CC1. The number of alkyl halides is 3. The van der Waals surface area contributed by atoms with E-state index in [0.717, 1.165) is 0 Å². The molecule has 0 aromatic carbocycles. The third kappa shape index (κ3) is 4.85. The lowest BCUT2D eigenvalue weighted by Crippen LogP contribution is -2.46. The number of pyridine rings is 1. The van der Waals surface area contributed by atoms with Crippen molar-refractivity contribution in [1.82, 2.24) is 9.29 Å². The predicted octanol–water partition coefficient (Wildman–Crippen LogP) is 1.44. The average Bonchev–Trinajstić information content (AvgIpc) is 2.45. The Kier molecular flexibility index (Phi) is 5.04. The van der Waals surface area contributed by atoms with Crippen LogP contribution in [0, 0.1) is 0 Å². The first kappa shape index (κ1) is 16.0.